The zero-order valence-electron chi connectivity index (χ0n) is 16.4. The first-order valence-electron chi connectivity index (χ1n) is 10.4. The summed E-state index contributed by atoms with van der Waals surface area (Å²) in [5, 5.41) is 7.14. The number of hydrogen-bond acceptors (Lipinski definition) is 4. The molecule has 2 aliphatic rings. The Balaban J connectivity index is 1.39. The molecule has 1 N–H and O–H groups in total. The Hall–Kier alpha value is -2.70. The summed E-state index contributed by atoms with van der Waals surface area (Å²) in [6, 6.07) is 8.07. The monoisotopic (exact) mass is 399 g/mol. The highest BCUT2D eigenvalue weighted by Gasteiger charge is 2.44. The van der Waals surface area contributed by atoms with Crippen molar-refractivity contribution < 1.29 is 18.7 Å². The van der Waals surface area contributed by atoms with Gasteiger partial charge in [-0.2, -0.15) is 5.10 Å². The third-order valence-electron chi connectivity index (χ3n) is 6.19. The third-order valence-corrected chi connectivity index (χ3v) is 6.19. The molecule has 0 saturated heterocycles. The Labute approximate surface area is 169 Å². The van der Waals surface area contributed by atoms with Crippen molar-refractivity contribution in [3.05, 3.63) is 47.9 Å². The van der Waals surface area contributed by atoms with Crippen molar-refractivity contribution in [1.82, 2.24) is 9.78 Å². The minimum Gasteiger partial charge on any atom is -0.455 e. The number of esters is 1. The third kappa shape index (κ3) is 4.04. The number of rotatable bonds is 6. The van der Waals surface area contributed by atoms with Crippen LogP contribution in [0.2, 0.25) is 0 Å². The minimum atomic E-state index is -0.792. The van der Waals surface area contributed by atoms with E-state index in [1.54, 1.807) is 24.4 Å². The number of carbonyl (C=O) groups is 2. The molecule has 0 bridgehead atoms. The van der Waals surface area contributed by atoms with E-state index in [1.165, 1.54) is 25.0 Å². The standard InChI is InChI=1S/C22H26FN3O3/c23-17-9-7-16(8-10-17)22(12-3-4-13-22)21(28)29-15-20(27)25-19-11-14-24-26(19)18-5-1-2-6-18/h7-11,14,18H,1-6,12-13,15H2,(H,25,27). The van der Waals surface area contributed by atoms with Gasteiger partial charge in [0.05, 0.1) is 17.7 Å². The van der Waals surface area contributed by atoms with E-state index in [0.717, 1.165) is 31.2 Å². The lowest BCUT2D eigenvalue weighted by atomic mass is 9.79. The van der Waals surface area contributed by atoms with E-state index in [0.29, 0.717) is 24.7 Å². The van der Waals surface area contributed by atoms with Gasteiger partial charge in [-0.25, -0.2) is 9.07 Å². The Morgan fingerprint density at radius 1 is 1.10 bits per heavy atom. The average Bonchev–Trinajstić information content (AvgIpc) is 3.47. The second-order valence-corrected chi connectivity index (χ2v) is 8.02. The summed E-state index contributed by atoms with van der Waals surface area (Å²) in [6.07, 6.45) is 9.21. The first-order chi connectivity index (χ1) is 14.1. The second-order valence-electron chi connectivity index (χ2n) is 8.02. The van der Waals surface area contributed by atoms with E-state index < -0.39 is 11.4 Å². The number of carbonyl (C=O) groups excluding carboxylic acids is 2. The smallest absolute Gasteiger partial charge is 0.317 e. The quantitative estimate of drug-likeness (QED) is 0.741. The molecule has 6 nitrogen and oxygen atoms in total. The molecule has 4 rings (SSSR count). The van der Waals surface area contributed by atoms with Gasteiger partial charge in [-0.15, -0.1) is 0 Å². The highest BCUT2D eigenvalue weighted by Crippen LogP contribution is 2.42. The molecule has 1 aromatic carbocycles. The first-order valence-corrected chi connectivity index (χ1v) is 10.4. The molecule has 1 amide bonds. The van der Waals surface area contributed by atoms with E-state index in [1.807, 2.05) is 4.68 Å². The van der Waals surface area contributed by atoms with Crippen LogP contribution in [-0.2, 0) is 19.7 Å². The molecular weight excluding hydrogens is 373 g/mol. The van der Waals surface area contributed by atoms with Gasteiger partial charge in [-0.05, 0) is 43.4 Å². The van der Waals surface area contributed by atoms with E-state index in [2.05, 4.69) is 10.4 Å². The summed E-state index contributed by atoms with van der Waals surface area (Å²) in [5.74, 6) is -0.507. The summed E-state index contributed by atoms with van der Waals surface area (Å²) >= 11 is 0. The van der Waals surface area contributed by atoms with Gasteiger partial charge in [0, 0.05) is 6.07 Å². The van der Waals surface area contributed by atoms with Gasteiger partial charge in [0.1, 0.15) is 11.6 Å². The predicted molar refractivity (Wildman–Crippen MR) is 106 cm³/mol. The fourth-order valence-electron chi connectivity index (χ4n) is 4.66. The zero-order valence-corrected chi connectivity index (χ0v) is 16.4. The Morgan fingerprint density at radius 3 is 2.48 bits per heavy atom. The Morgan fingerprint density at radius 2 is 1.79 bits per heavy atom. The minimum absolute atomic E-state index is 0.308. The topological polar surface area (TPSA) is 73.2 Å². The maximum atomic E-state index is 13.3. The van der Waals surface area contributed by atoms with Crippen molar-refractivity contribution >= 4 is 17.7 Å². The Bertz CT molecular complexity index is 866. The molecule has 2 fully saturated rings. The van der Waals surface area contributed by atoms with Gasteiger partial charge in [0.2, 0.25) is 0 Å². The van der Waals surface area contributed by atoms with Crippen molar-refractivity contribution in [2.45, 2.75) is 62.8 Å². The van der Waals surface area contributed by atoms with Crippen molar-refractivity contribution in [3.63, 3.8) is 0 Å². The zero-order chi connectivity index (χ0) is 20.3. The van der Waals surface area contributed by atoms with Gasteiger partial charge in [0.15, 0.2) is 6.61 Å². The van der Waals surface area contributed by atoms with Crippen LogP contribution in [0.4, 0.5) is 10.2 Å². The van der Waals surface area contributed by atoms with Crippen molar-refractivity contribution in [2.75, 3.05) is 11.9 Å². The summed E-state index contributed by atoms with van der Waals surface area (Å²) in [7, 11) is 0. The molecule has 1 heterocycles. The summed E-state index contributed by atoms with van der Waals surface area (Å²) in [6.45, 7) is -0.350. The fourth-order valence-corrected chi connectivity index (χ4v) is 4.66. The van der Waals surface area contributed by atoms with Crippen LogP contribution >= 0.6 is 0 Å². The average molecular weight is 399 g/mol. The van der Waals surface area contributed by atoms with Crippen LogP contribution in [-0.4, -0.2) is 28.3 Å². The largest absolute Gasteiger partial charge is 0.455 e. The molecule has 2 saturated carbocycles. The lowest BCUT2D eigenvalue weighted by Gasteiger charge is -2.27. The number of ether oxygens (including phenoxy) is 1. The highest BCUT2D eigenvalue weighted by atomic mass is 19.1. The van der Waals surface area contributed by atoms with Gasteiger partial charge in [0.25, 0.3) is 5.91 Å². The normalized spacial score (nSPS) is 18.7. The number of halogens is 1. The second kappa shape index (κ2) is 8.35. The molecule has 0 aliphatic heterocycles. The molecule has 2 aromatic rings. The summed E-state index contributed by atoms with van der Waals surface area (Å²) in [4.78, 5) is 25.3. The van der Waals surface area contributed by atoms with E-state index in [9.17, 15) is 14.0 Å². The molecule has 0 atom stereocenters. The molecule has 29 heavy (non-hydrogen) atoms. The van der Waals surface area contributed by atoms with Crippen LogP contribution < -0.4 is 5.32 Å². The Kier molecular flexibility index (Phi) is 5.65. The number of nitrogens with zero attached hydrogens (tertiary/aromatic N) is 2. The number of nitrogens with one attached hydrogen (secondary N) is 1. The summed E-state index contributed by atoms with van der Waals surface area (Å²) in [5.41, 5.74) is -0.0410. The molecular formula is C22H26FN3O3. The SMILES string of the molecule is O=C(COC(=O)C1(c2ccc(F)cc2)CCCC1)Nc1ccnn1C1CCCC1. The molecule has 0 unspecified atom stereocenters. The fraction of sp³-hybridized carbons (Fsp3) is 0.500. The van der Waals surface area contributed by atoms with Crippen LogP contribution in [0.15, 0.2) is 36.5 Å². The van der Waals surface area contributed by atoms with E-state index in [-0.39, 0.29) is 18.3 Å². The highest BCUT2D eigenvalue weighted by molar-refractivity contribution is 5.93. The van der Waals surface area contributed by atoms with Crippen LogP contribution in [0.25, 0.3) is 0 Å². The van der Waals surface area contributed by atoms with Gasteiger partial charge in [-0.3, -0.25) is 9.59 Å². The van der Waals surface area contributed by atoms with Gasteiger partial charge >= 0.3 is 5.97 Å². The van der Waals surface area contributed by atoms with Crippen molar-refractivity contribution in [2.24, 2.45) is 0 Å². The van der Waals surface area contributed by atoms with Crippen LogP contribution in [0, 0.1) is 5.82 Å². The number of anilines is 1. The number of benzene rings is 1. The maximum Gasteiger partial charge on any atom is 0.317 e. The molecule has 154 valence electrons. The lowest BCUT2D eigenvalue weighted by molar-refractivity contribution is -0.153. The molecule has 0 spiro atoms. The molecule has 2 aliphatic carbocycles. The van der Waals surface area contributed by atoms with Crippen LogP contribution in [0.5, 0.6) is 0 Å². The maximum absolute atomic E-state index is 13.3. The number of hydrogen-bond donors (Lipinski definition) is 1. The van der Waals surface area contributed by atoms with E-state index >= 15 is 0 Å². The van der Waals surface area contributed by atoms with Crippen LogP contribution in [0.3, 0.4) is 0 Å². The van der Waals surface area contributed by atoms with Gasteiger partial charge in [-0.1, -0.05) is 37.8 Å². The van der Waals surface area contributed by atoms with Crippen molar-refractivity contribution in [1.29, 1.82) is 0 Å². The predicted octanol–water partition coefficient (Wildman–Crippen LogP) is 4.13. The number of aromatic nitrogens is 2. The number of amides is 1. The van der Waals surface area contributed by atoms with E-state index in [4.69, 9.17) is 4.74 Å². The lowest BCUT2D eigenvalue weighted by Crippen LogP contribution is -2.36. The molecule has 7 heteroatoms. The van der Waals surface area contributed by atoms with Crippen molar-refractivity contribution in [3.8, 4) is 0 Å². The molecule has 1 aromatic heterocycles. The molecule has 0 radical (unpaired) electrons. The first kappa shape index (κ1) is 19.6. The summed E-state index contributed by atoms with van der Waals surface area (Å²) < 4.78 is 20.6. The van der Waals surface area contributed by atoms with Gasteiger partial charge < -0.3 is 10.1 Å². The van der Waals surface area contributed by atoms with Crippen LogP contribution in [0.1, 0.15) is 63.0 Å².